The number of fused-ring (bicyclic) bond motifs is 1. The van der Waals surface area contributed by atoms with Gasteiger partial charge in [0.2, 0.25) is 5.95 Å². The molecule has 0 amide bonds. The summed E-state index contributed by atoms with van der Waals surface area (Å²) in [5.74, 6) is 0.848. The first-order valence-electron chi connectivity index (χ1n) is 11.0. The molecule has 0 unspecified atom stereocenters. The molecule has 2 heterocycles. The molecule has 0 saturated heterocycles. The number of pyridine rings is 1. The number of nitrogens with one attached hydrogen (secondary N) is 1. The van der Waals surface area contributed by atoms with Crippen molar-refractivity contribution < 1.29 is 10.2 Å². The van der Waals surface area contributed by atoms with Gasteiger partial charge in [-0.15, -0.1) is 0 Å². The third-order valence-corrected chi connectivity index (χ3v) is 6.03. The molecule has 1 saturated carbocycles. The quantitative estimate of drug-likeness (QED) is 0.557. The highest BCUT2D eigenvalue weighted by Gasteiger charge is 2.25. The number of aliphatic hydroxyl groups excluding tert-OH is 2. The smallest absolute Gasteiger partial charge is 0.261 e. The maximum atomic E-state index is 13.0. The molecule has 0 aromatic carbocycles. The molecule has 2 aromatic heterocycles. The summed E-state index contributed by atoms with van der Waals surface area (Å²) in [6.45, 7) is 5.00. The van der Waals surface area contributed by atoms with Gasteiger partial charge in [-0.2, -0.15) is 0 Å². The van der Waals surface area contributed by atoms with E-state index < -0.39 is 0 Å². The van der Waals surface area contributed by atoms with Crippen LogP contribution in [0.4, 0.5) is 5.95 Å². The van der Waals surface area contributed by atoms with E-state index in [9.17, 15) is 9.90 Å². The zero-order valence-electron chi connectivity index (χ0n) is 17.6. The monoisotopic (exact) mass is 402 g/mol. The van der Waals surface area contributed by atoms with Crippen molar-refractivity contribution in [2.75, 3.05) is 11.9 Å². The van der Waals surface area contributed by atoms with Gasteiger partial charge < -0.3 is 20.1 Å². The number of hydrogen-bond acceptors (Lipinski definition) is 6. The summed E-state index contributed by atoms with van der Waals surface area (Å²) >= 11 is 0. The van der Waals surface area contributed by atoms with Gasteiger partial charge >= 0.3 is 0 Å². The van der Waals surface area contributed by atoms with Crippen LogP contribution in [0.3, 0.4) is 0 Å². The van der Waals surface area contributed by atoms with E-state index in [1.165, 1.54) is 0 Å². The van der Waals surface area contributed by atoms with Crippen LogP contribution in [0.5, 0.6) is 0 Å². The lowest BCUT2D eigenvalue weighted by atomic mass is 9.82. The highest BCUT2D eigenvalue weighted by atomic mass is 16.3. The molecule has 160 valence electrons. The summed E-state index contributed by atoms with van der Waals surface area (Å²) in [7, 11) is 0. The van der Waals surface area contributed by atoms with Crippen molar-refractivity contribution in [2.45, 2.75) is 89.8 Å². The second kappa shape index (κ2) is 10.2. The fraction of sp³-hybridized carbons (Fsp3) is 0.682. The maximum Gasteiger partial charge on any atom is 0.261 e. The van der Waals surface area contributed by atoms with Crippen molar-refractivity contribution in [1.82, 2.24) is 14.5 Å². The van der Waals surface area contributed by atoms with Gasteiger partial charge in [0.1, 0.15) is 0 Å². The zero-order valence-corrected chi connectivity index (χ0v) is 17.6. The molecule has 1 fully saturated rings. The van der Waals surface area contributed by atoms with Crippen LogP contribution in [-0.2, 0) is 6.54 Å². The second-order valence-electron chi connectivity index (χ2n) is 8.28. The highest BCUT2D eigenvalue weighted by molar-refractivity contribution is 5.81. The van der Waals surface area contributed by atoms with Gasteiger partial charge in [-0.05, 0) is 69.8 Å². The third kappa shape index (κ3) is 5.34. The molecule has 2 aromatic rings. The van der Waals surface area contributed by atoms with Crippen molar-refractivity contribution in [3.8, 4) is 0 Å². The first kappa shape index (κ1) is 21.7. The lowest BCUT2D eigenvalue weighted by Gasteiger charge is -2.27. The standard InChI is InChI=1S/C22H34N4O3/c1-3-15(2)24-22-23-13-18-20(25-22)19(16-7-9-17(28)10-8-16)14-26(21(18)29)11-5-4-6-12-27/h13-17,27-28H,3-12H2,1-2H3,(H,23,24,25)/t15-,16-,17-/m0/s1. The lowest BCUT2D eigenvalue weighted by molar-refractivity contribution is 0.122. The van der Waals surface area contributed by atoms with Crippen molar-refractivity contribution in [3.63, 3.8) is 0 Å². The predicted molar refractivity (Wildman–Crippen MR) is 115 cm³/mol. The summed E-state index contributed by atoms with van der Waals surface area (Å²) in [6, 6.07) is 0.257. The van der Waals surface area contributed by atoms with Crippen molar-refractivity contribution in [1.29, 1.82) is 0 Å². The fourth-order valence-corrected chi connectivity index (χ4v) is 4.02. The van der Waals surface area contributed by atoms with Gasteiger partial charge in [0.25, 0.3) is 5.56 Å². The Morgan fingerprint density at radius 2 is 2.00 bits per heavy atom. The normalized spacial score (nSPS) is 20.7. The Morgan fingerprint density at radius 3 is 2.69 bits per heavy atom. The molecule has 1 aliphatic carbocycles. The number of aromatic nitrogens is 3. The summed E-state index contributed by atoms with van der Waals surface area (Å²) in [6.07, 6.45) is 10.2. The van der Waals surface area contributed by atoms with E-state index in [0.717, 1.165) is 62.4 Å². The molecule has 0 aliphatic heterocycles. The molecule has 3 N–H and O–H groups in total. The van der Waals surface area contributed by atoms with Crippen LogP contribution >= 0.6 is 0 Å². The Hall–Kier alpha value is -1.99. The van der Waals surface area contributed by atoms with Gasteiger partial charge in [0.05, 0.1) is 17.0 Å². The van der Waals surface area contributed by atoms with Gasteiger partial charge in [0, 0.05) is 31.6 Å². The van der Waals surface area contributed by atoms with Gasteiger partial charge in [-0.3, -0.25) is 4.79 Å². The number of unbranched alkanes of at least 4 members (excludes halogenated alkanes) is 2. The molecule has 3 rings (SSSR count). The van der Waals surface area contributed by atoms with Crippen LogP contribution in [0.25, 0.3) is 10.9 Å². The largest absolute Gasteiger partial charge is 0.396 e. The Balaban J connectivity index is 2.00. The van der Waals surface area contributed by atoms with E-state index in [-0.39, 0.29) is 30.2 Å². The molecule has 1 aliphatic rings. The molecular weight excluding hydrogens is 368 g/mol. The fourth-order valence-electron chi connectivity index (χ4n) is 4.02. The highest BCUT2D eigenvalue weighted by Crippen LogP contribution is 2.35. The molecule has 0 spiro atoms. The summed E-state index contributed by atoms with van der Waals surface area (Å²) in [5.41, 5.74) is 1.77. The van der Waals surface area contributed by atoms with E-state index >= 15 is 0 Å². The molecule has 0 bridgehead atoms. The second-order valence-corrected chi connectivity index (χ2v) is 8.28. The molecular formula is C22H34N4O3. The average Bonchev–Trinajstić information content (AvgIpc) is 2.73. The number of rotatable bonds is 9. The molecule has 7 heteroatoms. The topological polar surface area (TPSA) is 100 Å². The minimum atomic E-state index is -0.223. The predicted octanol–water partition coefficient (Wildman–Crippen LogP) is 3.18. The maximum absolute atomic E-state index is 13.0. The van der Waals surface area contributed by atoms with Gasteiger partial charge in [-0.25, -0.2) is 9.97 Å². The number of nitrogens with zero attached hydrogens (tertiary/aromatic N) is 3. The van der Waals surface area contributed by atoms with Crippen molar-refractivity contribution in [3.05, 3.63) is 28.3 Å². The third-order valence-electron chi connectivity index (χ3n) is 6.03. The van der Waals surface area contributed by atoms with Gasteiger partial charge in [0.15, 0.2) is 0 Å². The van der Waals surface area contributed by atoms with Crippen LogP contribution in [0.1, 0.15) is 76.7 Å². The minimum Gasteiger partial charge on any atom is -0.396 e. The number of aryl methyl sites for hydroxylation is 1. The number of hydrogen-bond donors (Lipinski definition) is 3. The Labute approximate surface area is 172 Å². The van der Waals surface area contributed by atoms with Crippen LogP contribution in [0, 0.1) is 0 Å². The van der Waals surface area contributed by atoms with Crippen molar-refractivity contribution in [2.24, 2.45) is 0 Å². The molecule has 7 nitrogen and oxygen atoms in total. The Morgan fingerprint density at radius 1 is 1.24 bits per heavy atom. The number of anilines is 1. The summed E-state index contributed by atoms with van der Waals surface area (Å²) in [5, 5.41) is 22.8. The summed E-state index contributed by atoms with van der Waals surface area (Å²) in [4.78, 5) is 22.2. The minimum absolute atomic E-state index is 0.0568. The van der Waals surface area contributed by atoms with E-state index in [1.807, 2.05) is 6.20 Å². The van der Waals surface area contributed by atoms with Gasteiger partial charge in [-0.1, -0.05) is 6.92 Å². The van der Waals surface area contributed by atoms with E-state index in [0.29, 0.717) is 17.9 Å². The van der Waals surface area contributed by atoms with Crippen LogP contribution in [0.2, 0.25) is 0 Å². The van der Waals surface area contributed by atoms with Crippen LogP contribution < -0.4 is 10.9 Å². The summed E-state index contributed by atoms with van der Waals surface area (Å²) < 4.78 is 1.78. The van der Waals surface area contributed by atoms with Crippen molar-refractivity contribution >= 4 is 16.9 Å². The zero-order chi connectivity index (χ0) is 20.8. The molecule has 29 heavy (non-hydrogen) atoms. The SMILES string of the molecule is CC[C@H](C)Nc1ncc2c(=O)n(CCCCCO)cc([C@H]3CC[C@H](O)CC3)c2n1. The van der Waals surface area contributed by atoms with Crippen LogP contribution in [-0.4, -0.2) is 43.5 Å². The lowest BCUT2D eigenvalue weighted by Crippen LogP contribution is -2.25. The number of aliphatic hydroxyl groups is 2. The van der Waals surface area contributed by atoms with E-state index in [2.05, 4.69) is 24.1 Å². The average molecular weight is 403 g/mol. The van der Waals surface area contributed by atoms with E-state index in [4.69, 9.17) is 10.1 Å². The molecule has 0 radical (unpaired) electrons. The Kier molecular flexibility index (Phi) is 7.61. The first-order chi connectivity index (χ1) is 14.0. The first-order valence-corrected chi connectivity index (χ1v) is 11.0. The molecule has 1 atom stereocenters. The van der Waals surface area contributed by atoms with E-state index in [1.54, 1.807) is 10.8 Å². The Bertz CT molecular complexity index is 859. The van der Waals surface area contributed by atoms with Crippen LogP contribution in [0.15, 0.2) is 17.2 Å².